The first kappa shape index (κ1) is 20.2. The summed E-state index contributed by atoms with van der Waals surface area (Å²) >= 11 is 0. The Hall–Kier alpha value is -2.51. The third-order valence-electron chi connectivity index (χ3n) is 4.16. The Morgan fingerprint density at radius 2 is 0.857 bits per heavy atom. The summed E-state index contributed by atoms with van der Waals surface area (Å²) in [4.78, 5) is 0. The fourth-order valence-corrected chi connectivity index (χ4v) is 5.45. The second-order valence-electron chi connectivity index (χ2n) is 6.13. The van der Waals surface area contributed by atoms with Crippen LogP contribution in [0.1, 0.15) is 20.8 Å². The number of hydrogen-bond acceptors (Lipinski definition) is 3. The summed E-state index contributed by atoms with van der Waals surface area (Å²) in [5.41, 5.74) is 0. The van der Waals surface area contributed by atoms with Crippen LogP contribution in [0.25, 0.3) is 0 Å². The van der Waals surface area contributed by atoms with E-state index in [0.29, 0.717) is 19.8 Å². The second-order valence-corrected chi connectivity index (χ2v) is 8.35. The van der Waals surface area contributed by atoms with E-state index in [9.17, 15) is 0 Å². The Morgan fingerprint density at radius 3 is 1.14 bits per heavy atom. The molecule has 0 spiro atoms. The molecule has 0 saturated heterocycles. The van der Waals surface area contributed by atoms with Gasteiger partial charge in [0.25, 0.3) is 0 Å². The zero-order chi connectivity index (χ0) is 19.8. The van der Waals surface area contributed by atoms with Gasteiger partial charge in [0.1, 0.15) is 17.2 Å². The minimum Gasteiger partial charge on any atom is -0.494 e. The summed E-state index contributed by atoms with van der Waals surface area (Å²) in [6, 6.07) is 25.2. The van der Waals surface area contributed by atoms with Gasteiger partial charge in [-0.3, -0.25) is 0 Å². The van der Waals surface area contributed by atoms with Gasteiger partial charge in [-0.15, -0.1) is 0 Å². The maximum atomic E-state index is 5.75. The van der Waals surface area contributed by atoms with Crippen LogP contribution in [0, 0.1) is 0 Å². The average molecular weight is 394 g/mol. The monoisotopic (exact) mass is 394 g/mol. The van der Waals surface area contributed by atoms with Crippen molar-refractivity contribution in [3.05, 3.63) is 72.8 Å². The molecule has 0 aromatic heterocycles. The lowest BCUT2D eigenvalue weighted by molar-refractivity contribution is 0.340. The van der Waals surface area contributed by atoms with E-state index in [4.69, 9.17) is 14.2 Å². The molecule has 146 valence electrons. The van der Waals surface area contributed by atoms with E-state index in [-0.39, 0.29) is 0 Å². The molecular formula is C24H27O3P. The van der Waals surface area contributed by atoms with E-state index in [0.717, 1.165) is 17.2 Å². The number of rotatable bonds is 9. The molecule has 0 N–H and O–H groups in total. The van der Waals surface area contributed by atoms with Crippen LogP contribution in [0.2, 0.25) is 0 Å². The highest BCUT2D eigenvalue weighted by molar-refractivity contribution is 7.79. The Labute approximate surface area is 169 Å². The molecule has 0 aliphatic carbocycles. The van der Waals surface area contributed by atoms with Crippen LogP contribution in [0.3, 0.4) is 0 Å². The van der Waals surface area contributed by atoms with Crippen molar-refractivity contribution in [3.8, 4) is 17.2 Å². The molecular weight excluding hydrogens is 367 g/mol. The van der Waals surface area contributed by atoms with Gasteiger partial charge >= 0.3 is 0 Å². The topological polar surface area (TPSA) is 27.7 Å². The summed E-state index contributed by atoms with van der Waals surface area (Å²) in [6.07, 6.45) is 0. The van der Waals surface area contributed by atoms with Crippen molar-refractivity contribution >= 4 is 23.8 Å². The lowest BCUT2D eigenvalue weighted by atomic mass is 10.3. The molecule has 3 aromatic rings. The predicted molar refractivity (Wildman–Crippen MR) is 119 cm³/mol. The molecule has 0 heterocycles. The molecule has 0 radical (unpaired) electrons. The van der Waals surface area contributed by atoms with Crippen LogP contribution in [0.5, 0.6) is 17.2 Å². The first-order chi connectivity index (χ1) is 13.7. The van der Waals surface area contributed by atoms with Crippen molar-refractivity contribution in [1.29, 1.82) is 0 Å². The van der Waals surface area contributed by atoms with Gasteiger partial charge in [0.05, 0.1) is 19.8 Å². The third-order valence-corrected chi connectivity index (χ3v) is 6.54. The molecule has 0 atom stereocenters. The highest BCUT2D eigenvalue weighted by Crippen LogP contribution is 2.36. The fraction of sp³-hybridized carbons (Fsp3) is 0.250. The van der Waals surface area contributed by atoms with Crippen molar-refractivity contribution in [2.75, 3.05) is 19.8 Å². The quantitative estimate of drug-likeness (QED) is 0.495. The van der Waals surface area contributed by atoms with Crippen molar-refractivity contribution in [2.45, 2.75) is 20.8 Å². The molecule has 28 heavy (non-hydrogen) atoms. The predicted octanol–water partition coefficient (Wildman–Crippen LogP) is 4.64. The Morgan fingerprint density at radius 1 is 0.536 bits per heavy atom. The Bertz CT molecular complexity index is 777. The third kappa shape index (κ3) is 5.05. The summed E-state index contributed by atoms with van der Waals surface area (Å²) in [7, 11) is -0.767. The van der Waals surface area contributed by atoms with Crippen LogP contribution in [0.15, 0.2) is 72.8 Å². The normalized spacial score (nSPS) is 10.7. The Balaban J connectivity index is 2.10. The van der Waals surface area contributed by atoms with E-state index >= 15 is 0 Å². The van der Waals surface area contributed by atoms with Crippen LogP contribution in [0.4, 0.5) is 0 Å². The van der Waals surface area contributed by atoms with Gasteiger partial charge in [-0.05, 0) is 81.0 Å². The van der Waals surface area contributed by atoms with Crippen molar-refractivity contribution in [3.63, 3.8) is 0 Å². The van der Waals surface area contributed by atoms with Crippen LogP contribution >= 0.6 is 7.92 Å². The first-order valence-corrected chi connectivity index (χ1v) is 11.1. The molecule has 0 amide bonds. The second kappa shape index (κ2) is 10.1. The summed E-state index contributed by atoms with van der Waals surface area (Å²) in [5, 5.41) is 3.72. The fourth-order valence-electron chi connectivity index (χ4n) is 3.08. The highest BCUT2D eigenvalue weighted by atomic mass is 31.1. The molecule has 0 aliphatic rings. The van der Waals surface area contributed by atoms with Crippen LogP contribution in [-0.2, 0) is 0 Å². The van der Waals surface area contributed by atoms with E-state index in [2.05, 4.69) is 54.6 Å². The Kier molecular flexibility index (Phi) is 7.33. The van der Waals surface area contributed by atoms with Gasteiger partial charge in [0.2, 0.25) is 0 Å². The van der Waals surface area contributed by atoms with E-state index < -0.39 is 7.92 Å². The zero-order valence-corrected chi connectivity index (χ0v) is 17.6. The largest absolute Gasteiger partial charge is 0.494 e. The van der Waals surface area contributed by atoms with Gasteiger partial charge in [0, 0.05) is 0 Å². The van der Waals surface area contributed by atoms with Gasteiger partial charge in [0.15, 0.2) is 0 Å². The lowest BCUT2D eigenvalue weighted by Crippen LogP contribution is -2.21. The molecule has 0 saturated carbocycles. The molecule has 3 rings (SSSR count). The molecule has 4 heteroatoms. The number of benzene rings is 3. The van der Waals surface area contributed by atoms with Crippen LogP contribution in [-0.4, -0.2) is 19.8 Å². The van der Waals surface area contributed by atoms with E-state index in [1.54, 1.807) is 0 Å². The van der Waals surface area contributed by atoms with E-state index in [1.807, 2.05) is 39.0 Å². The molecule has 0 bridgehead atoms. The number of hydrogen-bond donors (Lipinski definition) is 0. The van der Waals surface area contributed by atoms with Gasteiger partial charge in [-0.25, -0.2) is 0 Å². The smallest absolute Gasteiger partial charge is 0.119 e. The average Bonchev–Trinajstić information content (AvgIpc) is 2.70. The van der Waals surface area contributed by atoms with Crippen molar-refractivity contribution < 1.29 is 14.2 Å². The standard InChI is InChI=1S/C24H27O3P/c1-4-25-19-10-7-13-22(16-19)28(23-14-8-11-20(17-23)26-5-2)24-15-9-12-21(18-24)27-6-3/h7-18H,4-6H2,1-3H3. The SMILES string of the molecule is CCOc1cccc(P(c2cccc(OCC)c2)c2cccc(OCC)c2)c1. The number of ether oxygens (including phenoxy) is 3. The molecule has 3 aromatic carbocycles. The van der Waals surface area contributed by atoms with Gasteiger partial charge < -0.3 is 14.2 Å². The maximum absolute atomic E-state index is 5.75. The first-order valence-electron chi connectivity index (χ1n) is 9.73. The van der Waals surface area contributed by atoms with Crippen LogP contribution < -0.4 is 30.1 Å². The van der Waals surface area contributed by atoms with E-state index in [1.165, 1.54) is 15.9 Å². The highest BCUT2D eigenvalue weighted by Gasteiger charge is 2.18. The molecule has 3 nitrogen and oxygen atoms in total. The lowest BCUT2D eigenvalue weighted by Gasteiger charge is -2.21. The summed E-state index contributed by atoms with van der Waals surface area (Å²) in [6.45, 7) is 7.98. The summed E-state index contributed by atoms with van der Waals surface area (Å²) < 4.78 is 17.3. The maximum Gasteiger partial charge on any atom is 0.119 e. The molecule has 0 unspecified atom stereocenters. The van der Waals surface area contributed by atoms with Gasteiger partial charge in [-0.1, -0.05) is 36.4 Å². The molecule has 0 aliphatic heterocycles. The molecule has 0 fully saturated rings. The minimum absolute atomic E-state index is 0.654. The van der Waals surface area contributed by atoms with Crippen molar-refractivity contribution in [1.82, 2.24) is 0 Å². The van der Waals surface area contributed by atoms with Crippen molar-refractivity contribution in [2.24, 2.45) is 0 Å². The summed E-state index contributed by atoms with van der Waals surface area (Å²) in [5.74, 6) is 2.69. The van der Waals surface area contributed by atoms with Gasteiger partial charge in [-0.2, -0.15) is 0 Å². The zero-order valence-electron chi connectivity index (χ0n) is 16.7. The minimum atomic E-state index is -0.767.